The zero-order chi connectivity index (χ0) is 33.2. The van der Waals surface area contributed by atoms with Crippen LogP contribution in [0.15, 0.2) is 169 Å². The third-order valence-electron chi connectivity index (χ3n) is 9.71. The number of aliphatic imine (C=N–C) groups is 1. The average Bonchev–Trinajstić information content (AvgIpc) is 3.68. The molecule has 2 aromatic heterocycles. The lowest BCUT2D eigenvalue weighted by Crippen LogP contribution is -2.29. The number of rotatable bonds is 3. The van der Waals surface area contributed by atoms with Gasteiger partial charge in [0.1, 0.15) is 17.3 Å². The molecule has 7 aromatic carbocycles. The number of fused-ring (bicyclic) bond motifs is 9. The van der Waals surface area contributed by atoms with Crippen LogP contribution in [0.2, 0.25) is 0 Å². The Labute approximate surface area is 289 Å². The quantitative estimate of drug-likeness (QED) is 0.140. The number of aryl methyl sites for hydroxylation is 1. The van der Waals surface area contributed by atoms with Crippen molar-refractivity contribution < 1.29 is 9.30 Å². The lowest BCUT2D eigenvalue weighted by molar-refractivity contribution is -0.572. The summed E-state index contributed by atoms with van der Waals surface area (Å²) in [5, 5.41) is 2.30. The average molecular weight is 643 g/mol. The zero-order valence-electron chi connectivity index (χ0n) is 27.3. The van der Waals surface area contributed by atoms with Gasteiger partial charge in [-0.1, -0.05) is 121 Å². The van der Waals surface area contributed by atoms with Crippen molar-refractivity contribution in [3.8, 4) is 39.4 Å². The molecular weight excluding hydrogens is 613 g/mol. The number of para-hydroxylation sites is 4. The first-order valence-electron chi connectivity index (χ1n) is 16.8. The first-order chi connectivity index (χ1) is 24.7. The molecule has 0 N–H and O–H groups in total. The van der Waals surface area contributed by atoms with Gasteiger partial charge in [0, 0.05) is 28.0 Å². The van der Waals surface area contributed by atoms with Crippen molar-refractivity contribution in [1.29, 1.82) is 0 Å². The molecule has 236 valence electrons. The van der Waals surface area contributed by atoms with Gasteiger partial charge < -0.3 is 13.9 Å². The molecule has 50 heavy (non-hydrogen) atoms. The van der Waals surface area contributed by atoms with Gasteiger partial charge in [0.2, 0.25) is 6.33 Å². The number of hydrogen-bond donors (Lipinski definition) is 0. The first kappa shape index (κ1) is 28.3. The fourth-order valence-electron chi connectivity index (χ4n) is 7.47. The molecule has 5 heteroatoms. The minimum Gasteiger partial charge on any atom is -0.458 e. The number of nitrogens with zero attached hydrogens (tertiary/aromatic N) is 4. The van der Waals surface area contributed by atoms with E-state index in [-0.39, 0.29) is 0 Å². The number of imidazole rings is 1. The molecule has 0 unspecified atom stereocenters. The Morgan fingerprint density at radius 2 is 1.14 bits per heavy atom. The molecule has 1 aliphatic rings. The molecule has 0 bridgehead atoms. The summed E-state index contributed by atoms with van der Waals surface area (Å²) in [7, 11) is 2.02. The van der Waals surface area contributed by atoms with Crippen molar-refractivity contribution >= 4 is 44.4 Å². The third kappa shape index (κ3) is 4.41. The summed E-state index contributed by atoms with van der Waals surface area (Å²) in [6, 6.07) is 57.1. The zero-order valence-corrected chi connectivity index (χ0v) is 27.3. The van der Waals surface area contributed by atoms with Gasteiger partial charge >= 0.3 is 0 Å². The van der Waals surface area contributed by atoms with Crippen LogP contribution in [0, 0.1) is 6.33 Å². The molecule has 3 heterocycles. The fourth-order valence-corrected chi connectivity index (χ4v) is 7.47. The maximum absolute atomic E-state index is 6.64. The van der Waals surface area contributed by atoms with Crippen molar-refractivity contribution in [2.24, 2.45) is 12.0 Å². The summed E-state index contributed by atoms with van der Waals surface area (Å²) in [4.78, 5) is 5.50. The summed E-state index contributed by atoms with van der Waals surface area (Å²) in [5.74, 6) is 2.37. The van der Waals surface area contributed by atoms with E-state index < -0.39 is 0 Å². The van der Waals surface area contributed by atoms with Gasteiger partial charge in [-0.15, -0.1) is 0 Å². The van der Waals surface area contributed by atoms with Crippen LogP contribution < -0.4 is 9.30 Å². The van der Waals surface area contributed by atoms with E-state index >= 15 is 0 Å². The molecular formula is C45H30N4O. The predicted octanol–water partition coefficient (Wildman–Crippen LogP) is 10.4. The molecule has 0 fully saturated rings. The van der Waals surface area contributed by atoms with E-state index in [2.05, 4.69) is 161 Å². The molecule has 0 radical (unpaired) electrons. The van der Waals surface area contributed by atoms with Crippen molar-refractivity contribution in [3.05, 3.63) is 176 Å². The van der Waals surface area contributed by atoms with Gasteiger partial charge in [0.15, 0.2) is 0 Å². The van der Waals surface area contributed by atoms with Crippen LogP contribution in [-0.4, -0.2) is 15.0 Å². The summed E-state index contributed by atoms with van der Waals surface area (Å²) < 4.78 is 13.0. The molecule has 0 amide bonds. The molecule has 10 rings (SSSR count). The highest BCUT2D eigenvalue weighted by molar-refractivity contribution is 6.20. The Morgan fingerprint density at radius 1 is 0.520 bits per heavy atom. The molecule has 9 aromatic rings. The van der Waals surface area contributed by atoms with Crippen LogP contribution in [0.5, 0.6) is 11.5 Å². The van der Waals surface area contributed by atoms with Gasteiger partial charge in [0.25, 0.3) is 0 Å². The highest BCUT2D eigenvalue weighted by atomic mass is 16.5. The van der Waals surface area contributed by atoms with E-state index in [0.29, 0.717) is 0 Å². The smallest absolute Gasteiger partial charge is 0.244 e. The molecule has 0 atom stereocenters. The van der Waals surface area contributed by atoms with E-state index in [1.165, 1.54) is 11.1 Å². The monoisotopic (exact) mass is 642 g/mol. The van der Waals surface area contributed by atoms with E-state index in [4.69, 9.17) is 9.73 Å². The van der Waals surface area contributed by atoms with Crippen molar-refractivity contribution in [2.75, 3.05) is 0 Å². The largest absolute Gasteiger partial charge is 0.458 e. The second-order valence-electron chi connectivity index (χ2n) is 12.7. The summed E-state index contributed by atoms with van der Waals surface area (Å²) in [5.41, 5.74) is 11.9. The second-order valence-corrected chi connectivity index (χ2v) is 12.7. The number of benzene rings is 7. The Balaban J connectivity index is 1.16. The molecule has 0 aliphatic carbocycles. The SMILES string of the molecule is Cn1[c-][n+](-c2cccc(Oc3ccc4c5ccccc5n(C5=Nc6ccccc6-c6ccccc6-c6ccccc65)c4c3)c2)c2ccccc21. The van der Waals surface area contributed by atoms with Crippen molar-refractivity contribution in [3.63, 3.8) is 0 Å². The Morgan fingerprint density at radius 3 is 1.98 bits per heavy atom. The third-order valence-corrected chi connectivity index (χ3v) is 9.71. The van der Waals surface area contributed by atoms with Gasteiger partial charge in [-0.2, -0.15) is 0 Å². The van der Waals surface area contributed by atoms with Gasteiger partial charge in [0.05, 0.1) is 40.5 Å². The van der Waals surface area contributed by atoms with Crippen LogP contribution >= 0.6 is 0 Å². The summed E-state index contributed by atoms with van der Waals surface area (Å²) in [6.07, 6.45) is 3.44. The summed E-state index contributed by atoms with van der Waals surface area (Å²) >= 11 is 0. The van der Waals surface area contributed by atoms with Crippen LogP contribution in [-0.2, 0) is 7.05 Å². The van der Waals surface area contributed by atoms with E-state index in [1.807, 2.05) is 29.8 Å². The Hall–Kier alpha value is -6.72. The van der Waals surface area contributed by atoms with Gasteiger partial charge in [-0.3, -0.25) is 4.57 Å². The maximum atomic E-state index is 6.64. The fraction of sp³-hybridized carbons (Fsp3) is 0.0222. The van der Waals surface area contributed by atoms with E-state index in [9.17, 15) is 0 Å². The summed E-state index contributed by atoms with van der Waals surface area (Å²) in [6.45, 7) is 0. The number of ether oxygens (including phenoxy) is 1. The minimum absolute atomic E-state index is 0.746. The van der Waals surface area contributed by atoms with E-state index in [0.717, 1.165) is 78.2 Å². The highest BCUT2D eigenvalue weighted by Crippen LogP contribution is 2.43. The molecule has 0 spiro atoms. The highest BCUT2D eigenvalue weighted by Gasteiger charge is 2.24. The number of aromatic nitrogens is 3. The molecule has 0 saturated heterocycles. The number of hydrogen-bond acceptors (Lipinski definition) is 2. The van der Waals surface area contributed by atoms with Crippen LogP contribution in [0.25, 0.3) is 60.8 Å². The lowest BCUT2D eigenvalue weighted by atomic mass is 9.89. The van der Waals surface area contributed by atoms with Crippen molar-refractivity contribution in [1.82, 2.24) is 9.13 Å². The normalized spacial score (nSPS) is 12.2. The molecule has 0 saturated carbocycles. The van der Waals surface area contributed by atoms with Crippen molar-refractivity contribution in [2.45, 2.75) is 0 Å². The maximum Gasteiger partial charge on any atom is 0.244 e. The Kier molecular flexibility index (Phi) is 6.33. The Bertz CT molecular complexity index is 2820. The molecule has 5 nitrogen and oxygen atoms in total. The standard InChI is InChI=1S/C45H30N4O/c1-47-29-48(43-24-11-10-23-42(43)47)30-13-12-14-31(27-30)50-32-25-26-38-37-19-7-9-22-41(37)49(44(38)28-32)45-39-20-5-4-17-35(39)33-15-2-3-16-34(33)36-18-6-8-21-40(36)46-45/h2-28H,1H3. The van der Waals surface area contributed by atoms with Gasteiger partial charge in [-0.25, -0.2) is 4.99 Å². The predicted molar refractivity (Wildman–Crippen MR) is 202 cm³/mol. The van der Waals surface area contributed by atoms with Crippen LogP contribution in [0.3, 0.4) is 0 Å². The van der Waals surface area contributed by atoms with Gasteiger partial charge in [-0.05, 0) is 53.1 Å². The molecule has 1 aliphatic heterocycles. The van der Waals surface area contributed by atoms with Crippen LogP contribution in [0.1, 0.15) is 5.56 Å². The van der Waals surface area contributed by atoms with E-state index in [1.54, 1.807) is 0 Å². The van der Waals surface area contributed by atoms with Crippen LogP contribution in [0.4, 0.5) is 5.69 Å². The second kappa shape index (κ2) is 11.2. The topological polar surface area (TPSA) is 35.3 Å². The first-order valence-corrected chi connectivity index (χ1v) is 16.8. The minimum atomic E-state index is 0.746. The lowest BCUT2D eigenvalue weighted by Gasteiger charge is -2.21.